The molecule has 1 aromatic carbocycles. The molecule has 3 aromatic rings. The maximum atomic E-state index is 12.9. The van der Waals surface area contributed by atoms with Crippen molar-refractivity contribution in [2.75, 3.05) is 11.1 Å². The lowest BCUT2D eigenvalue weighted by atomic mass is 10.0. The Morgan fingerprint density at radius 2 is 1.58 bits per heavy atom. The maximum absolute atomic E-state index is 12.9. The lowest BCUT2D eigenvalue weighted by Gasteiger charge is -2.15. The first kappa shape index (κ1) is 17.7. The van der Waals surface area contributed by atoms with Crippen molar-refractivity contribution in [2.24, 2.45) is 0 Å². The Balaban J connectivity index is 1.95. The fourth-order valence-corrected chi connectivity index (χ4v) is 2.16. The molecule has 0 unspecified atom stereocenters. The normalized spacial score (nSPS) is 12.5. The highest BCUT2D eigenvalue weighted by Gasteiger charge is 2.36. The number of nitrogens with one attached hydrogen (secondary N) is 1. The first-order valence-electron chi connectivity index (χ1n) is 6.89. The Bertz CT molecular complexity index is 914. The van der Waals surface area contributed by atoms with E-state index >= 15 is 0 Å². The van der Waals surface area contributed by atoms with Gasteiger partial charge in [-0.3, -0.25) is 0 Å². The Morgan fingerprint density at radius 1 is 0.962 bits per heavy atom. The molecule has 2 heterocycles. The zero-order valence-electron chi connectivity index (χ0n) is 12.6. The van der Waals surface area contributed by atoms with E-state index in [0.29, 0.717) is 12.1 Å². The Morgan fingerprint density at radius 3 is 2.15 bits per heavy atom. The predicted octanol–water partition coefficient (Wildman–Crippen LogP) is 2.75. The summed E-state index contributed by atoms with van der Waals surface area (Å²) < 4.78 is 78.3. The average molecular weight is 377 g/mol. The van der Waals surface area contributed by atoms with Gasteiger partial charge in [0.2, 0.25) is 11.9 Å². The van der Waals surface area contributed by atoms with Crippen molar-refractivity contribution in [1.82, 2.24) is 24.6 Å². The summed E-state index contributed by atoms with van der Waals surface area (Å²) in [6, 6.07) is 1.29. The molecule has 3 N–H and O–H groups in total. The molecular formula is C13H9F6N7. The minimum Gasteiger partial charge on any atom is -0.368 e. The smallest absolute Gasteiger partial charge is 0.368 e. The van der Waals surface area contributed by atoms with Gasteiger partial charge in [-0.1, -0.05) is 0 Å². The van der Waals surface area contributed by atoms with E-state index in [2.05, 4.69) is 25.4 Å². The van der Waals surface area contributed by atoms with Crippen LogP contribution in [0.2, 0.25) is 0 Å². The molecule has 3 rings (SSSR count). The predicted molar refractivity (Wildman–Crippen MR) is 76.8 cm³/mol. The van der Waals surface area contributed by atoms with Crippen molar-refractivity contribution < 1.29 is 26.3 Å². The van der Waals surface area contributed by atoms with Crippen LogP contribution >= 0.6 is 0 Å². The fraction of sp³-hybridized carbons (Fsp3) is 0.231. The van der Waals surface area contributed by atoms with Crippen molar-refractivity contribution in [3.05, 3.63) is 41.2 Å². The largest absolute Gasteiger partial charge is 0.416 e. The molecule has 0 saturated carbocycles. The summed E-state index contributed by atoms with van der Waals surface area (Å²) in [5.74, 6) is -0.149. The van der Waals surface area contributed by atoms with Crippen LogP contribution in [-0.4, -0.2) is 24.6 Å². The van der Waals surface area contributed by atoms with E-state index in [-0.39, 0.29) is 29.3 Å². The molecule has 26 heavy (non-hydrogen) atoms. The number of nitrogens with two attached hydrogens (primary N) is 1. The van der Waals surface area contributed by atoms with Gasteiger partial charge in [0.15, 0.2) is 0 Å². The van der Waals surface area contributed by atoms with E-state index < -0.39 is 30.0 Å². The fourth-order valence-electron chi connectivity index (χ4n) is 2.16. The van der Waals surface area contributed by atoms with Crippen LogP contribution in [0.1, 0.15) is 16.7 Å². The van der Waals surface area contributed by atoms with Gasteiger partial charge in [-0.2, -0.15) is 50.9 Å². The zero-order chi connectivity index (χ0) is 19.1. The number of anilines is 2. The number of nitrogen functional groups attached to an aromatic ring is 1. The summed E-state index contributed by atoms with van der Waals surface area (Å²) >= 11 is 0. The van der Waals surface area contributed by atoms with E-state index in [1.54, 1.807) is 0 Å². The van der Waals surface area contributed by atoms with Crippen LogP contribution in [0.25, 0.3) is 5.78 Å². The summed E-state index contributed by atoms with van der Waals surface area (Å²) in [5, 5.41) is 6.37. The Hall–Kier alpha value is -3.12. The number of hydrogen-bond donors (Lipinski definition) is 2. The first-order chi connectivity index (χ1) is 12.0. The van der Waals surface area contributed by atoms with Gasteiger partial charge in [-0.05, 0) is 23.8 Å². The summed E-state index contributed by atoms with van der Waals surface area (Å²) in [7, 11) is 0. The third-order valence-corrected chi connectivity index (χ3v) is 3.26. The highest BCUT2D eigenvalue weighted by molar-refractivity contribution is 5.43. The van der Waals surface area contributed by atoms with Crippen LogP contribution in [0.4, 0.5) is 38.2 Å². The standard InChI is InChI=1S/C13H9F6N7/c14-12(15,16)7-1-6(2-8(3-7)13(17,18)19)4-21-10-24-9(20)25-11-22-5-23-26(10)11/h1-3,5H,4H2,(H3,20,21,22,23,24,25). The number of rotatable bonds is 3. The number of benzene rings is 1. The van der Waals surface area contributed by atoms with Crippen molar-refractivity contribution in [2.45, 2.75) is 18.9 Å². The van der Waals surface area contributed by atoms with Crippen molar-refractivity contribution in [3.8, 4) is 0 Å². The summed E-state index contributed by atoms with van der Waals surface area (Å²) in [6.07, 6.45) is -8.70. The second-order valence-corrected chi connectivity index (χ2v) is 5.14. The Kier molecular flexibility index (Phi) is 4.08. The van der Waals surface area contributed by atoms with Gasteiger partial charge >= 0.3 is 12.4 Å². The minimum absolute atomic E-state index is 0.0315. The average Bonchev–Trinajstić information content (AvgIpc) is 2.98. The number of fused-ring (bicyclic) bond motifs is 1. The van der Waals surface area contributed by atoms with Gasteiger partial charge in [0.05, 0.1) is 11.1 Å². The molecule has 0 aliphatic heterocycles. The molecule has 0 atom stereocenters. The second-order valence-electron chi connectivity index (χ2n) is 5.14. The zero-order valence-corrected chi connectivity index (χ0v) is 12.6. The molecule has 0 spiro atoms. The lowest BCUT2D eigenvalue weighted by molar-refractivity contribution is -0.143. The SMILES string of the molecule is Nc1nc(NCc2cc(C(F)(F)F)cc(C(F)(F)F)c2)n2ncnc2n1. The van der Waals surface area contributed by atoms with Crippen molar-refractivity contribution in [3.63, 3.8) is 0 Å². The second kappa shape index (κ2) is 6.00. The summed E-state index contributed by atoms with van der Waals surface area (Å²) in [4.78, 5) is 11.3. The highest BCUT2D eigenvalue weighted by atomic mass is 19.4. The Labute approximate surface area is 140 Å². The van der Waals surface area contributed by atoms with Crippen LogP contribution in [0.15, 0.2) is 24.5 Å². The van der Waals surface area contributed by atoms with Gasteiger partial charge in [-0.25, -0.2) is 0 Å². The van der Waals surface area contributed by atoms with E-state index in [0.717, 1.165) is 10.8 Å². The molecule has 0 aliphatic carbocycles. The van der Waals surface area contributed by atoms with E-state index in [4.69, 9.17) is 5.73 Å². The molecule has 7 nitrogen and oxygen atoms in total. The van der Waals surface area contributed by atoms with E-state index in [1.807, 2.05) is 0 Å². The lowest BCUT2D eigenvalue weighted by Crippen LogP contribution is -2.14. The molecule has 0 fully saturated rings. The molecule has 13 heteroatoms. The van der Waals surface area contributed by atoms with E-state index in [9.17, 15) is 26.3 Å². The van der Waals surface area contributed by atoms with Crippen LogP contribution < -0.4 is 11.1 Å². The molecule has 0 radical (unpaired) electrons. The third kappa shape index (κ3) is 3.60. The monoisotopic (exact) mass is 377 g/mol. The van der Waals surface area contributed by atoms with Crippen LogP contribution in [0.3, 0.4) is 0 Å². The summed E-state index contributed by atoms with van der Waals surface area (Å²) in [6.45, 7) is -0.390. The highest BCUT2D eigenvalue weighted by Crippen LogP contribution is 2.36. The van der Waals surface area contributed by atoms with Gasteiger partial charge in [0.1, 0.15) is 6.33 Å². The van der Waals surface area contributed by atoms with E-state index in [1.165, 1.54) is 0 Å². The van der Waals surface area contributed by atoms with Gasteiger partial charge in [-0.15, -0.1) is 0 Å². The molecule has 0 aliphatic rings. The number of aromatic nitrogens is 5. The topological polar surface area (TPSA) is 94.0 Å². The number of halogens is 6. The number of hydrogen-bond acceptors (Lipinski definition) is 6. The molecule has 0 amide bonds. The molecular weight excluding hydrogens is 368 g/mol. The van der Waals surface area contributed by atoms with Crippen molar-refractivity contribution in [1.29, 1.82) is 0 Å². The van der Waals surface area contributed by atoms with Crippen molar-refractivity contribution >= 4 is 17.7 Å². The quantitative estimate of drug-likeness (QED) is 0.682. The van der Waals surface area contributed by atoms with Crippen LogP contribution in [0.5, 0.6) is 0 Å². The molecule has 2 aromatic heterocycles. The third-order valence-electron chi connectivity index (χ3n) is 3.26. The number of alkyl halides is 6. The first-order valence-corrected chi connectivity index (χ1v) is 6.89. The molecule has 138 valence electrons. The van der Waals surface area contributed by atoms with Gasteiger partial charge in [0, 0.05) is 6.54 Å². The molecule has 0 saturated heterocycles. The molecule has 0 bridgehead atoms. The summed E-state index contributed by atoms with van der Waals surface area (Å²) in [5.41, 5.74) is 2.41. The maximum Gasteiger partial charge on any atom is 0.416 e. The van der Waals surface area contributed by atoms with Crippen LogP contribution in [-0.2, 0) is 18.9 Å². The number of nitrogens with zero attached hydrogens (tertiary/aromatic N) is 5. The minimum atomic E-state index is -4.92. The van der Waals surface area contributed by atoms with Crippen LogP contribution in [0, 0.1) is 0 Å². The van der Waals surface area contributed by atoms with Gasteiger partial charge < -0.3 is 11.1 Å². The van der Waals surface area contributed by atoms with Gasteiger partial charge in [0.25, 0.3) is 5.78 Å².